The molecule has 0 saturated heterocycles. The molecule has 0 spiro atoms. The molecular weight excluding hydrogens is 272 g/mol. The van der Waals surface area contributed by atoms with Gasteiger partial charge in [0.05, 0.1) is 4.92 Å². The minimum Gasteiger partial charge on any atom is -0.468 e. The van der Waals surface area contributed by atoms with E-state index in [1.807, 2.05) is 0 Å². The molecule has 0 radical (unpaired) electrons. The highest BCUT2D eigenvalue weighted by atomic mass is 35.5. The second-order valence-electron chi connectivity index (χ2n) is 3.56. The van der Waals surface area contributed by atoms with E-state index in [1.54, 1.807) is 24.3 Å². The number of nitro groups is 1. The first-order valence-corrected chi connectivity index (χ1v) is 5.59. The van der Waals surface area contributed by atoms with Crippen LogP contribution in [0.5, 0.6) is 5.88 Å². The Morgan fingerprint density at radius 1 is 1.42 bits per heavy atom. The summed E-state index contributed by atoms with van der Waals surface area (Å²) in [5.41, 5.74) is 5.72. The first kappa shape index (κ1) is 13.0. The van der Waals surface area contributed by atoms with Crippen molar-refractivity contribution < 1.29 is 9.66 Å². The van der Waals surface area contributed by atoms with Crippen LogP contribution in [0.1, 0.15) is 5.56 Å². The van der Waals surface area contributed by atoms with Gasteiger partial charge in [0.2, 0.25) is 5.95 Å². The average molecular weight is 281 g/mol. The minimum atomic E-state index is -0.638. The molecule has 0 saturated carbocycles. The highest BCUT2D eigenvalue weighted by Gasteiger charge is 2.18. The normalized spacial score (nSPS) is 10.2. The Morgan fingerprint density at radius 2 is 2.16 bits per heavy atom. The van der Waals surface area contributed by atoms with Gasteiger partial charge in [-0.05, 0) is 6.07 Å². The van der Waals surface area contributed by atoms with E-state index in [0.717, 1.165) is 6.20 Å². The van der Waals surface area contributed by atoms with Crippen LogP contribution in [0.15, 0.2) is 30.5 Å². The molecule has 2 aromatic rings. The highest BCUT2D eigenvalue weighted by molar-refractivity contribution is 6.31. The number of hydrogen-bond donors (Lipinski definition) is 1. The lowest BCUT2D eigenvalue weighted by Crippen LogP contribution is -2.04. The number of halogens is 1. The number of benzene rings is 1. The summed E-state index contributed by atoms with van der Waals surface area (Å²) >= 11 is 5.95. The van der Waals surface area contributed by atoms with Gasteiger partial charge in [-0.3, -0.25) is 10.1 Å². The second kappa shape index (κ2) is 5.49. The molecule has 8 heteroatoms. The Hall–Kier alpha value is -2.41. The third-order valence-corrected chi connectivity index (χ3v) is 2.64. The van der Waals surface area contributed by atoms with Crippen LogP contribution in [-0.2, 0) is 6.61 Å². The van der Waals surface area contributed by atoms with Gasteiger partial charge in [-0.1, -0.05) is 29.8 Å². The molecule has 0 aliphatic carbocycles. The Labute approximate surface area is 113 Å². The number of anilines is 1. The zero-order valence-corrected chi connectivity index (χ0v) is 10.4. The monoisotopic (exact) mass is 280 g/mol. The van der Waals surface area contributed by atoms with Crippen LogP contribution in [0.2, 0.25) is 5.02 Å². The number of nitrogens with zero attached hydrogens (tertiary/aromatic N) is 3. The standard InChI is InChI=1S/C11H9ClN4O3/c12-8-4-2-1-3-7(8)6-19-10-9(16(17)18)5-14-11(13)15-10/h1-5H,6H2,(H2,13,14,15). The van der Waals surface area contributed by atoms with Crippen LogP contribution in [-0.4, -0.2) is 14.9 Å². The summed E-state index contributed by atoms with van der Waals surface area (Å²) in [6, 6.07) is 7.01. The fourth-order valence-corrected chi connectivity index (χ4v) is 1.56. The number of nitrogens with two attached hydrogens (primary N) is 1. The van der Waals surface area contributed by atoms with Gasteiger partial charge in [0.25, 0.3) is 5.88 Å². The van der Waals surface area contributed by atoms with Crippen LogP contribution in [0.3, 0.4) is 0 Å². The maximum absolute atomic E-state index is 10.8. The maximum atomic E-state index is 10.8. The summed E-state index contributed by atoms with van der Waals surface area (Å²) in [6.07, 6.45) is 1.00. The van der Waals surface area contributed by atoms with Crippen LogP contribution in [0, 0.1) is 10.1 Å². The van der Waals surface area contributed by atoms with E-state index >= 15 is 0 Å². The van der Waals surface area contributed by atoms with Crippen molar-refractivity contribution in [2.45, 2.75) is 6.61 Å². The van der Waals surface area contributed by atoms with Gasteiger partial charge in [0.15, 0.2) is 0 Å². The number of ether oxygens (including phenoxy) is 1. The Balaban J connectivity index is 2.22. The van der Waals surface area contributed by atoms with Crippen molar-refractivity contribution >= 4 is 23.2 Å². The molecule has 19 heavy (non-hydrogen) atoms. The molecule has 98 valence electrons. The van der Waals surface area contributed by atoms with Crippen molar-refractivity contribution in [3.05, 3.63) is 51.2 Å². The molecular formula is C11H9ClN4O3. The predicted molar refractivity (Wildman–Crippen MR) is 68.9 cm³/mol. The Kier molecular flexibility index (Phi) is 3.76. The molecule has 7 nitrogen and oxygen atoms in total. The lowest BCUT2D eigenvalue weighted by atomic mass is 10.2. The van der Waals surface area contributed by atoms with E-state index in [2.05, 4.69) is 9.97 Å². The van der Waals surface area contributed by atoms with Gasteiger partial charge in [-0.25, -0.2) is 4.98 Å². The van der Waals surface area contributed by atoms with Gasteiger partial charge < -0.3 is 10.5 Å². The topological polar surface area (TPSA) is 104 Å². The molecule has 1 aromatic heterocycles. The van der Waals surface area contributed by atoms with Crippen molar-refractivity contribution in [2.24, 2.45) is 0 Å². The van der Waals surface area contributed by atoms with E-state index in [1.165, 1.54) is 0 Å². The maximum Gasteiger partial charge on any atom is 0.349 e. The fourth-order valence-electron chi connectivity index (χ4n) is 1.37. The molecule has 0 unspecified atom stereocenters. The van der Waals surface area contributed by atoms with Gasteiger partial charge in [0, 0.05) is 10.6 Å². The van der Waals surface area contributed by atoms with Gasteiger partial charge in [-0.2, -0.15) is 4.98 Å². The van der Waals surface area contributed by atoms with Crippen molar-refractivity contribution in [3.63, 3.8) is 0 Å². The van der Waals surface area contributed by atoms with Crippen LogP contribution < -0.4 is 10.5 Å². The lowest BCUT2D eigenvalue weighted by Gasteiger charge is -2.07. The molecule has 0 aliphatic rings. The zero-order valence-electron chi connectivity index (χ0n) is 9.62. The van der Waals surface area contributed by atoms with E-state index in [9.17, 15) is 10.1 Å². The van der Waals surface area contributed by atoms with E-state index in [0.29, 0.717) is 10.6 Å². The third kappa shape index (κ3) is 3.08. The number of aromatic nitrogens is 2. The van der Waals surface area contributed by atoms with Crippen LogP contribution >= 0.6 is 11.6 Å². The summed E-state index contributed by atoms with van der Waals surface area (Å²) in [5, 5.41) is 11.3. The fraction of sp³-hybridized carbons (Fsp3) is 0.0909. The minimum absolute atomic E-state index is 0.0525. The number of nitrogen functional groups attached to an aromatic ring is 1. The predicted octanol–water partition coefficient (Wildman–Crippen LogP) is 2.20. The van der Waals surface area contributed by atoms with Gasteiger partial charge in [0.1, 0.15) is 12.8 Å². The lowest BCUT2D eigenvalue weighted by molar-refractivity contribution is -0.386. The largest absolute Gasteiger partial charge is 0.468 e. The molecule has 0 bridgehead atoms. The van der Waals surface area contributed by atoms with Crippen molar-refractivity contribution in [1.29, 1.82) is 0 Å². The number of rotatable bonds is 4. The quantitative estimate of drug-likeness (QED) is 0.680. The molecule has 2 N–H and O–H groups in total. The van der Waals surface area contributed by atoms with Crippen LogP contribution in [0.25, 0.3) is 0 Å². The average Bonchev–Trinajstić information content (AvgIpc) is 2.37. The molecule has 0 fully saturated rings. The Morgan fingerprint density at radius 3 is 2.84 bits per heavy atom. The zero-order chi connectivity index (χ0) is 13.8. The molecule has 1 aromatic carbocycles. The SMILES string of the molecule is Nc1ncc([N+](=O)[O-])c(OCc2ccccc2Cl)n1. The van der Waals surface area contributed by atoms with Gasteiger partial charge in [-0.15, -0.1) is 0 Å². The summed E-state index contributed by atoms with van der Waals surface area (Å²) < 4.78 is 5.29. The summed E-state index contributed by atoms with van der Waals surface area (Å²) in [5.74, 6) is -0.280. The van der Waals surface area contributed by atoms with E-state index < -0.39 is 4.92 Å². The van der Waals surface area contributed by atoms with Crippen LogP contribution in [0.4, 0.5) is 11.6 Å². The first-order chi connectivity index (χ1) is 9.08. The summed E-state index contributed by atoms with van der Waals surface area (Å²) in [4.78, 5) is 17.4. The molecule has 0 amide bonds. The molecule has 1 heterocycles. The smallest absolute Gasteiger partial charge is 0.349 e. The van der Waals surface area contributed by atoms with Crippen molar-refractivity contribution in [2.75, 3.05) is 5.73 Å². The van der Waals surface area contributed by atoms with Crippen molar-refractivity contribution in [3.8, 4) is 5.88 Å². The van der Waals surface area contributed by atoms with Gasteiger partial charge >= 0.3 is 5.69 Å². The molecule has 2 rings (SSSR count). The summed E-state index contributed by atoms with van der Waals surface area (Å²) in [7, 11) is 0. The third-order valence-electron chi connectivity index (χ3n) is 2.27. The van der Waals surface area contributed by atoms with Crippen molar-refractivity contribution in [1.82, 2.24) is 9.97 Å². The first-order valence-electron chi connectivity index (χ1n) is 5.21. The molecule has 0 atom stereocenters. The highest BCUT2D eigenvalue weighted by Crippen LogP contribution is 2.25. The number of hydrogen-bond acceptors (Lipinski definition) is 6. The molecule has 0 aliphatic heterocycles. The summed E-state index contributed by atoms with van der Waals surface area (Å²) in [6.45, 7) is 0.0525. The second-order valence-corrected chi connectivity index (χ2v) is 3.96. The van der Waals surface area contributed by atoms with E-state index in [4.69, 9.17) is 22.1 Å². The van der Waals surface area contributed by atoms with E-state index in [-0.39, 0.29) is 24.1 Å². The Bertz CT molecular complexity index is 621.